The van der Waals surface area contributed by atoms with Crippen molar-refractivity contribution in [2.75, 3.05) is 71.8 Å². The molecule has 4 aromatic rings. The molecule has 32 heteroatoms. The lowest BCUT2D eigenvalue weighted by atomic mass is 10.1. The van der Waals surface area contributed by atoms with Crippen molar-refractivity contribution in [2.45, 2.75) is 37.2 Å². The summed E-state index contributed by atoms with van der Waals surface area (Å²) >= 11 is 11.9. The molecule has 0 saturated heterocycles. The van der Waals surface area contributed by atoms with E-state index < -0.39 is 82.8 Å². The van der Waals surface area contributed by atoms with Crippen LogP contribution in [-0.2, 0) is 46.2 Å². The molecule has 0 fully saturated rings. The van der Waals surface area contributed by atoms with Gasteiger partial charge in [0.25, 0.3) is 15.9 Å². The molecular formula is C36H48Cl2F3N10O14PS2. The third-order valence-corrected chi connectivity index (χ3v) is 9.86. The van der Waals surface area contributed by atoms with Crippen LogP contribution in [0.3, 0.4) is 0 Å². The van der Waals surface area contributed by atoms with Gasteiger partial charge in [-0.3, -0.25) is 25.0 Å². The molecule has 4 rings (SSSR count). The molecule has 5 N–H and O–H groups in total. The standard InChI is InChI=1S/C15H14Cl2F3N3O3.C15H18N6O6S.C3H8NO5P.C3H9S/c1-3-26-13(24)10(17)4-8-5-12(11(18)6-9(8)16)23-15(25)22(14(19)20)7(2)21-23;1-21(2)13(22)9-6-5-7-16-12(9)28(24,25)20-15(23)19-14-17-10(26-3)8-11(18-14)27-4;5-3(6)1-4-2-10(7,8)9;1-4(2)3/h5-6,10,14H,3-4H2,1-2H3;5-8H,1-4H3,(H2,17,18,19,20,23);4H,1-2H2,(H,5,6)(H2,7,8,9);1-3H3/q;;;+1/p-1. The second-order valence-corrected chi connectivity index (χ2v) is 20.0. The van der Waals surface area contributed by atoms with Crippen LogP contribution in [0.2, 0.25) is 5.02 Å². The number of nitrogens with zero attached hydrogens (tertiary/aromatic N) is 7. The van der Waals surface area contributed by atoms with Gasteiger partial charge in [0.1, 0.15) is 24.5 Å². The van der Waals surface area contributed by atoms with Gasteiger partial charge in [0.15, 0.2) is 10.8 Å². The van der Waals surface area contributed by atoms with Crippen molar-refractivity contribution in [1.82, 2.24) is 44.2 Å². The van der Waals surface area contributed by atoms with Gasteiger partial charge in [-0.05, 0) is 54.6 Å². The van der Waals surface area contributed by atoms with Crippen molar-refractivity contribution in [1.29, 1.82) is 0 Å². The Bertz CT molecular complexity index is 2570. The molecular weight excluding hydrogens is 1020 g/mol. The summed E-state index contributed by atoms with van der Waals surface area (Å²) < 4.78 is 92.1. The van der Waals surface area contributed by atoms with E-state index in [4.69, 9.17) is 47.4 Å². The smallest absolute Gasteiger partial charge is 0.355 e. The summed E-state index contributed by atoms with van der Waals surface area (Å²) in [6, 6.07) is 4.93. The molecule has 0 saturated carbocycles. The van der Waals surface area contributed by atoms with Gasteiger partial charge in [-0.25, -0.2) is 28.3 Å². The number of carboxylic acid groups (broad SMARTS) is 1. The minimum absolute atomic E-state index is 0.0424. The number of urea groups is 1. The fourth-order valence-electron chi connectivity index (χ4n) is 4.55. The van der Waals surface area contributed by atoms with E-state index in [1.165, 1.54) is 64.5 Å². The van der Waals surface area contributed by atoms with Crippen molar-refractivity contribution in [3.8, 4) is 17.4 Å². The molecule has 3 heterocycles. The van der Waals surface area contributed by atoms with Gasteiger partial charge in [-0.1, -0.05) is 11.6 Å². The highest BCUT2D eigenvalue weighted by Gasteiger charge is 2.28. The third-order valence-electron chi connectivity index (χ3n) is 7.26. The van der Waals surface area contributed by atoms with E-state index in [1.54, 1.807) is 11.6 Å². The summed E-state index contributed by atoms with van der Waals surface area (Å²) in [5, 5.41) is 14.1. The maximum atomic E-state index is 14.2. The molecule has 68 heavy (non-hydrogen) atoms. The molecule has 0 bridgehead atoms. The van der Waals surface area contributed by atoms with Gasteiger partial charge in [-0.2, -0.15) is 31.8 Å². The summed E-state index contributed by atoms with van der Waals surface area (Å²) in [6.45, 7) is -0.675. The number of aryl methyl sites for hydroxylation is 1. The molecule has 0 radical (unpaired) electrons. The third kappa shape index (κ3) is 20.4. The molecule has 2 atom stereocenters. The highest BCUT2D eigenvalue weighted by atomic mass is 35.5. The molecule has 0 aliphatic carbocycles. The van der Waals surface area contributed by atoms with Crippen LogP contribution < -0.4 is 35.4 Å². The minimum Gasteiger partial charge on any atom is -0.778 e. The molecule has 2 unspecified atom stereocenters. The number of halogens is 5. The van der Waals surface area contributed by atoms with Gasteiger partial charge in [0.05, 0.1) is 64.1 Å². The van der Waals surface area contributed by atoms with E-state index in [2.05, 4.69) is 44.1 Å². The van der Waals surface area contributed by atoms with Crippen LogP contribution in [0.15, 0.2) is 46.3 Å². The Kier molecular flexibility index (Phi) is 25.0. The second-order valence-electron chi connectivity index (χ2n) is 13.4. The Labute approximate surface area is 400 Å². The van der Waals surface area contributed by atoms with Gasteiger partial charge in [-0.15, -0.1) is 16.7 Å². The first-order valence-corrected chi connectivity index (χ1v) is 25.2. The average Bonchev–Trinajstić information content (AvgIpc) is 3.53. The van der Waals surface area contributed by atoms with Crippen LogP contribution in [0.25, 0.3) is 5.69 Å². The summed E-state index contributed by atoms with van der Waals surface area (Å²) in [7, 11) is -2.56. The first-order chi connectivity index (χ1) is 31.5. The molecule has 0 aliphatic heterocycles. The van der Waals surface area contributed by atoms with Crippen LogP contribution in [-0.4, -0.2) is 148 Å². The number of rotatable bonds is 16. The number of esters is 1. The number of anilines is 1. The predicted octanol–water partition coefficient (Wildman–Crippen LogP) is 2.00. The minimum atomic E-state index is -4.46. The van der Waals surface area contributed by atoms with Crippen molar-refractivity contribution in [2.24, 2.45) is 0 Å². The Morgan fingerprint density at radius 3 is 2.12 bits per heavy atom. The van der Waals surface area contributed by atoms with E-state index in [1.807, 2.05) is 5.32 Å². The number of ether oxygens (including phenoxy) is 3. The Hall–Kier alpha value is -5.55. The zero-order chi connectivity index (χ0) is 52.3. The average molecular weight is 1070 g/mol. The van der Waals surface area contributed by atoms with Gasteiger partial charge in [0, 0.05) is 31.7 Å². The van der Waals surface area contributed by atoms with Gasteiger partial charge < -0.3 is 38.6 Å². The summed E-state index contributed by atoms with van der Waals surface area (Å²) in [6.07, 6.45) is 6.95. The fourth-order valence-corrected chi connectivity index (χ4v) is 6.43. The van der Waals surface area contributed by atoms with E-state index in [9.17, 15) is 55.0 Å². The summed E-state index contributed by atoms with van der Waals surface area (Å²) in [4.78, 5) is 88.4. The number of aromatic nitrogens is 6. The van der Waals surface area contributed by atoms with Crippen LogP contribution in [0.4, 0.5) is 23.9 Å². The van der Waals surface area contributed by atoms with E-state index in [0.717, 1.165) is 12.1 Å². The van der Waals surface area contributed by atoms with E-state index in [0.29, 0.717) is 15.6 Å². The molecule has 3 amide bonds. The second kappa shape index (κ2) is 28.1. The monoisotopic (exact) mass is 1070 g/mol. The quantitative estimate of drug-likeness (QED) is 0.0464. The number of carbonyl (C=O) groups excluding carboxylic acids is 3. The summed E-state index contributed by atoms with van der Waals surface area (Å²) in [5.74, 6) is -3.75. The Morgan fingerprint density at radius 2 is 1.65 bits per heavy atom. The molecule has 3 aromatic heterocycles. The number of alkyl halides is 3. The molecule has 378 valence electrons. The predicted molar refractivity (Wildman–Crippen MR) is 241 cm³/mol. The topological polar surface area (TPSA) is 329 Å². The highest BCUT2D eigenvalue weighted by Crippen LogP contribution is 2.27. The van der Waals surface area contributed by atoms with Gasteiger partial charge >= 0.3 is 30.2 Å². The van der Waals surface area contributed by atoms with Crippen molar-refractivity contribution < 1.29 is 74.4 Å². The number of benzene rings is 1. The molecule has 0 aliphatic rings. The molecule has 0 spiro atoms. The lowest BCUT2D eigenvalue weighted by Crippen LogP contribution is -2.36. The number of hydrogen-bond acceptors (Lipinski definition) is 17. The van der Waals surface area contributed by atoms with Crippen LogP contribution in [0.1, 0.15) is 35.2 Å². The normalized spacial score (nSPS) is 12.1. The maximum Gasteiger partial charge on any atom is 0.355 e. The maximum absolute atomic E-state index is 14.2. The molecule has 24 nitrogen and oxygen atoms in total. The van der Waals surface area contributed by atoms with Crippen LogP contribution >= 0.6 is 30.8 Å². The molecule has 1 aromatic carbocycles. The number of aliphatic carboxylic acids is 1. The fraction of sp³-hybridized carbons (Fsp3) is 0.417. The number of amides is 3. The number of nitrogens with one attached hydrogen (secondary N) is 3. The Balaban J connectivity index is 0.000000534. The number of carboxylic acids is 1. The van der Waals surface area contributed by atoms with E-state index in [-0.39, 0.29) is 63.0 Å². The van der Waals surface area contributed by atoms with Crippen molar-refractivity contribution >= 4 is 81.5 Å². The first-order valence-electron chi connectivity index (χ1n) is 18.7. The summed E-state index contributed by atoms with van der Waals surface area (Å²) in [5.41, 5.74) is -1.55. The largest absolute Gasteiger partial charge is 0.778 e. The van der Waals surface area contributed by atoms with Crippen molar-refractivity contribution in [3.05, 3.63) is 74.8 Å². The number of methoxy groups -OCH3 is 2. The van der Waals surface area contributed by atoms with Crippen LogP contribution in [0.5, 0.6) is 11.8 Å². The lowest BCUT2D eigenvalue weighted by Gasteiger charge is -2.14. The zero-order valence-corrected chi connectivity index (χ0v) is 41.6. The number of pyridine rings is 1. The Morgan fingerprint density at radius 1 is 1.07 bits per heavy atom. The van der Waals surface area contributed by atoms with Crippen molar-refractivity contribution in [3.63, 3.8) is 0 Å². The SMILES string of the molecule is CCOC(=O)C(Cl)Cc1cc(-n2nc(C)n(C(F)F)c2=O)c(F)cc1Cl.COc1cc(OC)nc(NC(=O)NS(=O)(=O)c2ncccc2C(=O)N(C)C)n1.C[S+](C)C.O=C(O)CNCP(=O)([O-])O. The van der Waals surface area contributed by atoms with E-state index >= 15 is 0 Å². The number of sulfonamides is 1. The number of carbonyl (C=O) groups is 4. The van der Waals surface area contributed by atoms with Gasteiger partial charge in [0.2, 0.25) is 17.7 Å². The number of hydrogen-bond donors (Lipinski definition) is 5. The zero-order valence-electron chi connectivity index (χ0n) is 37.5. The first kappa shape index (κ1) is 60.5. The van der Waals surface area contributed by atoms with Crippen LogP contribution in [0, 0.1) is 12.7 Å². The lowest BCUT2D eigenvalue weighted by molar-refractivity contribution is -0.193. The highest BCUT2D eigenvalue weighted by molar-refractivity contribution is 7.94.